The number of nitrogens with zero attached hydrogens (tertiary/aromatic N) is 5. The second kappa shape index (κ2) is 8.68. The number of H-pyrrole nitrogens is 1. The van der Waals surface area contributed by atoms with Gasteiger partial charge in [0.1, 0.15) is 11.6 Å². The maximum Gasteiger partial charge on any atom is 0.257 e. The third-order valence-electron chi connectivity index (χ3n) is 6.32. The molecule has 33 heavy (non-hydrogen) atoms. The maximum absolute atomic E-state index is 13.9. The molecule has 0 aliphatic carbocycles. The van der Waals surface area contributed by atoms with Gasteiger partial charge in [-0.2, -0.15) is 15.0 Å². The summed E-state index contributed by atoms with van der Waals surface area (Å²) in [7, 11) is 1.58. The number of hydrogen-bond donors (Lipinski definition) is 1. The van der Waals surface area contributed by atoms with Crippen molar-refractivity contribution in [2.75, 3.05) is 13.7 Å². The Balaban J connectivity index is 0.00000259. The highest BCUT2D eigenvalue weighted by Crippen LogP contribution is 2.40. The van der Waals surface area contributed by atoms with E-state index in [0.29, 0.717) is 28.6 Å². The van der Waals surface area contributed by atoms with Crippen molar-refractivity contribution in [3.8, 4) is 11.4 Å². The van der Waals surface area contributed by atoms with Crippen LogP contribution in [0.3, 0.4) is 0 Å². The number of aromatic amines is 1. The number of aryl methyl sites for hydroxylation is 1. The van der Waals surface area contributed by atoms with Gasteiger partial charge in [-0.25, -0.2) is 4.98 Å². The van der Waals surface area contributed by atoms with Crippen molar-refractivity contribution >= 4 is 40.9 Å². The lowest BCUT2D eigenvalue weighted by molar-refractivity contribution is 0.0605. The van der Waals surface area contributed by atoms with Crippen LogP contribution in [0.15, 0.2) is 42.7 Å². The number of aromatic nitrogens is 5. The standard InChI is InChI=1S/C23H23ClN6O2.ClH/c1-14-17(24)6-7-18-20(14)28-22(27-18)23(2)9-4-12-29(23)21(31)16-13-15(32-3)5-8-19(16)30-25-10-11-26-30;/h5-8,10-11,13H,4,9,12H2,1-3H3,(H,27,28);1H. The number of likely N-dealkylation sites (tertiary alicyclic amines) is 1. The van der Waals surface area contributed by atoms with Crippen LogP contribution in [0, 0.1) is 6.92 Å². The summed E-state index contributed by atoms with van der Waals surface area (Å²) in [5.41, 5.74) is 3.17. The molecule has 0 bridgehead atoms. The molecule has 8 nitrogen and oxygen atoms in total. The maximum atomic E-state index is 13.9. The lowest BCUT2D eigenvalue weighted by Crippen LogP contribution is -2.44. The smallest absolute Gasteiger partial charge is 0.257 e. The van der Waals surface area contributed by atoms with Crippen LogP contribution in [0.2, 0.25) is 5.02 Å². The predicted molar refractivity (Wildman–Crippen MR) is 129 cm³/mol. The quantitative estimate of drug-likeness (QED) is 0.451. The first-order valence-electron chi connectivity index (χ1n) is 10.4. The minimum absolute atomic E-state index is 0. The number of benzene rings is 2. The number of amides is 1. The monoisotopic (exact) mass is 486 g/mol. The Labute approximate surface area is 202 Å². The largest absolute Gasteiger partial charge is 0.497 e. The van der Waals surface area contributed by atoms with Gasteiger partial charge in [0.05, 0.1) is 47.3 Å². The van der Waals surface area contributed by atoms with E-state index in [0.717, 1.165) is 35.3 Å². The number of carbonyl (C=O) groups excluding carboxylic acids is 1. The zero-order valence-electron chi connectivity index (χ0n) is 18.5. The minimum Gasteiger partial charge on any atom is -0.497 e. The van der Waals surface area contributed by atoms with Gasteiger partial charge in [-0.15, -0.1) is 12.4 Å². The number of fused-ring (bicyclic) bond motifs is 1. The average molecular weight is 487 g/mol. The molecule has 2 aromatic carbocycles. The van der Waals surface area contributed by atoms with Crippen molar-refractivity contribution in [1.29, 1.82) is 0 Å². The van der Waals surface area contributed by atoms with Crippen molar-refractivity contribution in [2.45, 2.75) is 32.2 Å². The van der Waals surface area contributed by atoms with Crippen LogP contribution < -0.4 is 4.74 Å². The molecule has 1 amide bonds. The molecule has 4 aromatic rings. The zero-order chi connectivity index (χ0) is 22.5. The van der Waals surface area contributed by atoms with E-state index >= 15 is 0 Å². The summed E-state index contributed by atoms with van der Waals surface area (Å²) < 4.78 is 5.39. The highest BCUT2D eigenvalue weighted by molar-refractivity contribution is 6.32. The predicted octanol–water partition coefficient (Wildman–Crippen LogP) is 4.69. The summed E-state index contributed by atoms with van der Waals surface area (Å²) in [4.78, 5) is 25.5. The van der Waals surface area contributed by atoms with Gasteiger partial charge in [-0.1, -0.05) is 11.6 Å². The molecule has 1 atom stereocenters. The molecule has 1 unspecified atom stereocenters. The van der Waals surface area contributed by atoms with Crippen LogP contribution in [-0.2, 0) is 5.54 Å². The van der Waals surface area contributed by atoms with E-state index in [1.54, 1.807) is 37.7 Å². The number of methoxy groups -OCH3 is 1. The number of hydrogen-bond acceptors (Lipinski definition) is 5. The fourth-order valence-electron chi connectivity index (χ4n) is 4.45. The summed E-state index contributed by atoms with van der Waals surface area (Å²) in [6.07, 6.45) is 4.84. The second-order valence-corrected chi connectivity index (χ2v) is 8.59. The SMILES string of the molecule is COc1ccc(-n2nccn2)c(C(=O)N2CCCC2(C)c2nc3ccc(Cl)c(C)c3[nH]2)c1.Cl. The molecule has 172 valence electrons. The van der Waals surface area contributed by atoms with Crippen LogP contribution in [0.25, 0.3) is 16.7 Å². The summed E-state index contributed by atoms with van der Waals surface area (Å²) >= 11 is 6.31. The molecule has 5 rings (SSSR count). The molecule has 2 aromatic heterocycles. The van der Waals surface area contributed by atoms with Crippen LogP contribution >= 0.6 is 24.0 Å². The number of halogens is 2. The van der Waals surface area contributed by atoms with Gasteiger partial charge in [0.25, 0.3) is 5.91 Å². The van der Waals surface area contributed by atoms with Gasteiger partial charge < -0.3 is 14.6 Å². The first-order valence-corrected chi connectivity index (χ1v) is 10.8. The normalized spacial score (nSPS) is 17.9. The highest BCUT2D eigenvalue weighted by Gasteiger charge is 2.44. The van der Waals surface area contributed by atoms with Crippen molar-refractivity contribution in [3.63, 3.8) is 0 Å². The Morgan fingerprint density at radius 1 is 1.21 bits per heavy atom. The van der Waals surface area contributed by atoms with Crippen molar-refractivity contribution in [2.24, 2.45) is 0 Å². The van der Waals surface area contributed by atoms with E-state index in [9.17, 15) is 4.79 Å². The van der Waals surface area contributed by atoms with E-state index in [2.05, 4.69) is 22.1 Å². The molecule has 1 aliphatic rings. The second-order valence-electron chi connectivity index (χ2n) is 8.19. The third kappa shape index (κ3) is 3.73. The van der Waals surface area contributed by atoms with E-state index in [4.69, 9.17) is 21.3 Å². The summed E-state index contributed by atoms with van der Waals surface area (Å²) in [5.74, 6) is 1.23. The number of carbonyl (C=O) groups is 1. The summed E-state index contributed by atoms with van der Waals surface area (Å²) in [6, 6.07) is 9.08. The molecular formula is C23H24Cl2N6O2. The molecule has 10 heteroatoms. The Hall–Kier alpha value is -3.10. The van der Waals surface area contributed by atoms with E-state index in [1.807, 2.05) is 24.0 Å². The molecule has 0 saturated carbocycles. The lowest BCUT2D eigenvalue weighted by Gasteiger charge is -2.34. The van der Waals surface area contributed by atoms with Gasteiger partial charge in [0.15, 0.2) is 0 Å². The minimum atomic E-state index is -0.590. The van der Waals surface area contributed by atoms with Gasteiger partial charge in [0, 0.05) is 11.6 Å². The zero-order valence-corrected chi connectivity index (χ0v) is 20.1. The van der Waals surface area contributed by atoms with Crippen LogP contribution in [0.4, 0.5) is 0 Å². The molecular weight excluding hydrogens is 463 g/mol. The summed E-state index contributed by atoms with van der Waals surface area (Å²) in [6.45, 7) is 4.64. The van der Waals surface area contributed by atoms with Gasteiger partial charge >= 0.3 is 0 Å². The molecule has 1 fully saturated rings. The van der Waals surface area contributed by atoms with Gasteiger partial charge in [-0.3, -0.25) is 4.79 Å². The van der Waals surface area contributed by atoms with Crippen molar-refractivity contribution < 1.29 is 9.53 Å². The highest BCUT2D eigenvalue weighted by atomic mass is 35.5. The van der Waals surface area contributed by atoms with E-state index in [-0.39, 0.29) is 18.3 Å². The van der Waals surface area contributed by atoms with Gasteiger partial charge in [0.2, 0.25) is 0 Å². The molecule has 1 saturated heterocycles. The van der Waals surface area contributed by atoms with Crippen LogP contribution in [0.1, 0.15) is 41.5 Å². The average Bonchev–Trinajstić information content (AvgIpc) is 3.55. The Morgan fingerprint density at radius 3 is 2.70 bits per heavy atom. The molecule has 1 aliphatic heterocycles. The molecule has 0 radical (unpaired) electrons. The van der Waals surface area contributed by atoms with Gasteiger partial charge in [-0.05, 0) is 62.6 Å². The van der Waals surface area contributed by atoms with E-state index < -0.39 is 5.54 Å². The molecule has 0 spiro atoms. The van der Waals surface area contributed by atoms with Crippen LogP contribution in [0.5, 0.6) is 5.75 Å². The number of nitrogens with one attached hydrogen (secondary N) is 1. The van der Waals surface area contributed by atoms with Crippen molar-refractivity contribution in [3.05, 3.63) is 64.7 Å². The topological polar surface area (TPSA) is 88.9 Å². The third-order valence-corrected chi connectivity index (χ3v) is 6.73. The molecule has 1 N–H and O–H groups in total. The Kier molecular flexibility index (Phi) is 6.07. The first kappa shape index (κ1) is 23.1. The van der Waals surface area contributed by atoms with Crippen molar-refractivity contribution in [1.82, 2.24) is 29.9 Å². The molecule has 3 heterocycles. The van der Waals surface area contributed by atoms with E-state index in [1.165, 1.54) is 4.80 Å². The lowest BCUT2D eigenvalue weighted by atomic mass is 9.97. The Bertz CT molecular complexity index is 1320. The fraction of sp³-hybridized carbons (Fsp3) is 0.304. The fourth-order valence-corrected chi connectivity index (χ4v) is 4.61. The first-order chi connectivity index (χ1) is 15.4. The summed E-state index contributed by atoms with van der Waals surface area (Å²) in [5, 5.41) is 9.12. The van der Waals surface area contributed by atoms with Crippen LogP contribution in [-0.4, -0.2) is 49.4 Å². The number of imidazole rings is 1. The Morgan fingerprint density at radius 2 is 1.97 bits per heavy atom. The number of ether oxygens (including phenoxy) is 1. The number of rotatable bonds is 4.